The van der Waals surface area contributed by atoms with Crippen molar-refractivity contribution >= 4 is 28.9 Å². The number of ether oxygens (including phenoxy) is 1. The highest BCUT2D eigenvalue weighted by Crippen LogP contribution is 2.18. The van der Waals surface area contributed by atoms with Crippen molar-refractivity contribution in [3.63, 3.8) is 0 Å². The SMILES string of the molecule is Cc1ccc(NC(=O)COc2cccc(Cl)c2)cc1N. The van der Waals surface area contributed by atoms with Gasteiger partial charge >= 0.3 is 0 Å². The predicted molar refractivity (Wildman–Crippen MR) is 81.2 cm³/mol. The molecule has 0 bridgehead atoms. The summed E-state index contributed by atoms with van der Waals surface area (Å²) >= 11 is 5.83. The summed E-state index contributed by atoms with van der Waals surface area (Å²) in [5.74, 6) is 0.296. The number of benzene rings is 2. The lowest BCUT2D eigenvalue weighted by Crippen LogP contribution is -2.20. The summed E-state index contributed by atoms with van der Waals surface area (Å²) in [4.78, 5) is 11.8. The maximum absolute atomic E-state index is 11.8. The number of anilines is 2. The molecule has 4 nitrogen and oxygen atoms in total. The van der Waals surface area contributed by atoms with Gasteiger partial charge in [0.2, 0.25) is 0 Å². The number of hydrogen-bond donors (Lipinski definition) is 2. The van der Waals surface area contributed by atoms with E-state index in [0.717, 1.165) is 5.56 Å². The topological polar surface area (TPSA) is 64.3 Å². The molecule has 0 fully saturated rings. The maximum Gasteiger partial charge on any atom is 0.262 e. The van der Waals surface area contributed by atoms with Crippen LogP contribution in [0.5, 0.6) is 5.75 Å². The molecule has 0 aliphatic rings. The third kappa shape index (κ3) is 3.90. The molecule has 2 rings (SSSR count). The minimum Gasteiger partial charge on any atom is -0.484 e. The number of carbonyl (C=O) groups is 1. The van der Waals surface area contributed by atoms with Gasteiger partial charge in [0.15, 0.2) is 6.61 Å². The van der Waals surface area contributed by atoms with Gasteiger partial charge in [-0.05, 0) is 42.8 Å². The smallest absolute Gasteiger partial charge is 0.262 e. The van der Waals surface area contributed by atoms with Crippen LogP contribution in [0.25, 0.3) is 0 Å². The first-order valence-electron chi connectivity index (χ1n) is 6.09. The van der Waals surface area contributed by atoms with Crippen LogP contribution in [0.3, 0.4) is 0 Å². The number of rotatable bonds is 4. The number of carbonyl (C=O) groups excluding carboxylic acids is 1. The van der Waals surface area contributed by atoms with Crippen LogP contribution < -0.4 is 15.8 Å². The number of amides is 1. The third-order valence-corrected chi connectivity index (χ3v) is 2.96. The minimum atomic E-state index is -0.256. The molecule has 5 heteroatoms. The van der Waals surface area contributed by atoms with E-state index in [1.165, 1.54) is 0 Å². The molecule has 0 radical (unpaired) electrons. The molecule has 0 aliphatic carbocycles. The van der Waals surface area contributed by atoms with Crippen molar-refractivity contribution in [2.45, 2.75) is 6.92 Å². The van der Waals surface area contributed by atoms with Crippen molar-refractivity contribution in [3.8, 4) is 5.75 Å². The maximum atomic E-state index is 11.8. The van der Waals surface area contributed by atoms with E-state index in [4.69, 9.17) is 22.1 Å². The van der Waals surface area contributed by atoms with E-state index in [9.17, 15) is 4.79 Å². The highest BCUT2D eigenvalue weighted by Gasteiger charge is 2.05. The zero-order chi connectivity index (χ0) is 14.5. The Balaban J connectivity index is 1.91. The van der Waals surface area contributed by atoms with Crippen molar-refractivity contribution in [3.05, 3.63) is 53.1 Å². The molecule has 0 heterocycles. The summed E-state index contributed by atoms with van der Waals surface area (Å²) in [5, 5.41) is 3.28. The first-order valence-corrected chi connectivity index (χ1v) is 6.47. The fourth-order valence-corrected chi connectivity index (χ4v) is 1.80. The summed E-state index contributed by atoms with van der Waals surface area (Å²) in [5.41, 5.74) is 8.04. The molecular formula is C15H15ClN2O2. The lowest BCUT2D eigenvalue weighted by molar-refractivity contribution is -0.118. The molecule has 104 valence electrons. The van der Waals surface area contributed by atoms with Gasteiger partial charge in [-0.2, -0.15) is 0 Å². The highest BCUT2D eigenvalue weighted by molar-refractivity contribution is 6.30. The molecule has 0 spiro atoms. The molecule has 0 saturated heterocycles. The first kappa shape index (κ1) is 14.2. The Bertz CT molecular complexity index is 629. The van der Waals surface area contributed by atoms with Crippen molar-refractivity contribution in [2.75, 3.05) is 17.7 Å². The average Bonchev–Trinajstić information content (AvgIpc) is 2.41. The summed E-state index contributed by atoms with van der Waals surface area (Å²) < 4.78 is 5.35. The van der Waals surface area contributed by atoms with E-state index in [0.29, 0.717) is 22.1 Å². The molecule has 0 saturated carbocycles. The Morgan fingerprint density at radius 2 is 2.10 bits per heavy atom. The van der Waals surface area contributed by atoms with Crippen molar-refractivity contribution in [2.24, 2.45) is 0 Å². The quantitative estimate of drug-likeness (QED) is 0.850. The van der Waals surface area contributed by atoms with E-state index in [-0.39, 0.29) is 12.5 Å². The standard InChI is InChI=1S/C15H15ClN2O2/c1-10-5-6-12(8-14(10)17)18-15(19)9-20-13-4-2-3-11(16)7-13/h2-8H,9,17H2,1H3,(H,18,19). The van der Waals surface area contributed by atoms with Crippen molar-refractivity contribution in [1.82, 2.24) is 0 Å². The number of halogens is 1. The Kier molecular flexibility index (Phi) is 4.48. The van der Waals surface area contributed by atoms with Crippen LogP contribution >= 0.6 is 11.6 Å². The lowest BCUT2D eigenvalue weighted by Gasteiger charge is -2.09. The van der Waals surface area contributed by atoms with Gasteiger partial charge in [0.05, 0.1) is 0 Å². The monoisotopic (exact) mass is 290 g/mol. The summed E-state index contributed by atoms with van der Waals surface area (Å²) in [6.45, 7) is 1.82. The summed E-state index contributed by atoms with van der Waals surface area (Å²) in [6, 6.07) is 12.2. The van der Waals surface area contributed by atoms with Crippen LogP contribution in [0.15, 0.2) is 42.5 Å². The molecule has 1 amide bonds. The Hall–Kier alpha value is -2.20. The fourth-order valence-electron chi connectivity index (χ4n) is 1.62. The van der Waals surface area contributed by atoms with Crippen LogP contribution in [-0.2, 0) is 4.79 Å². The summed E-state index contributed by atoms with van der Waals surface area (Å²) in [7, 11) is 0. The Morgan fingerprint density at radius 1 is 1.30 bits per heavy atom. The lowest BCUT2D eigenvalue weighted by atomic mass is 10.2. The Morgan fingerprint density at radius 3 is 2.80 bits per heavy atom. The molecule has 0 aliphatic heterocycles. The average molecular weight is 291 g/mol. The molecule has 0 aromatic heterocycles. The molecule has 3 N–H and O–H groups in total. The van der Waals surface area contributed by atoms with E-state index in [1.54, 1.807) is 36.4 Å². The van der Waals surface area contributed by atoms with Gasteiger partial charge in [-0.3, -0.25) is 4.79 Å². The van der Waals surface area contributed by atoms with E-state index >= 15 is 0 Å². The van der Waals surface area contributed by atoms with Crippen LogP contribution in [0.2, 0.25) is 5.02 Å². The van der Waals surface area contributed by atoms with E-state index in [1.807, 2.05) is 13.0 Å². The second kappa shape index (κ2) is 6.30. The zero-order valence-corrected chi connectivity index (χ0v) is 11.8. The molecule has 0 atom stereocenters. The third-order valence-electron chi connectivity index (χ3n) is 2.73. The molecule has 2 aromatic carbocycles. The van der Waals surface area contributed by atoms with E-state index < -0.39 is 0 Å². The number of aryl methyl sites for hydroxylation is 1. The second-order valence-corrected chi connectivity index (χ2v) is 4.80. The van der Waals surface area contributed by atoms with Crippen LogP contribution in [0, 0.1) is 6.92 Å². The normalized spacial score (nSPS) is 10.1. The van der Waals surface area contributed by atoms with Crippen molar-refractivity contribution < 1.29 is 9.53 Å². The number of nitrogens with two attached hydrogens (primary N) is 1. The van der Waals surface area contributed by atoms with Gasteiger partial charge in [-0.15, -0.1) is 0 Å². The largest absolute Gasteiger partial charge is 0.484 e. The Labute approximate surface area is 122 Å². The van der Waals surface area contributed by atoms with Gasteiger partial charge in [-0.1, -0.05) is 23.7 Å². The fraction of sp³-hybridized carbons (Fsp3) is 0.133. The van der Waals surface area contributed by atoms with Crippen LogP contribution in [0.1, 0.15) is 5.56 Å². The number of nitrogens with one attached hydrogen (secondary N) is 1. The summed E-state index contributed by atoms with van der Waals surface area (Å²) in [6.07, 6.45) is 0. The van der Waals surface area contributed by atoms with Gasteiger partial charge in [0, 0.05) is 16.4 Å². The van der Waals surface area contributed by atoms with Crippen LogP contribution in [0.4, 0.5) is 11.4 Å². The second-order valence-electron chi connectivity index (χ2n) is 4.37. The van der Waals surface area contributed by atoms with Gasteiger partial charge < -0.3 is 15.8 Å². The molecule has 2 aromatic rings. The predicted octanol–water partition coefficient (Wildman–Crippen LogP) is 3.25. The molecular weight excluding hydrogens is 276 g/mol. The van der Waals surface area contributed by atoms with Crippen molar-refractivity contribution in [1.29, 1.82) is 0 Å². The number of hydrogen-bond acceptors (Lipinski definition) is 3. The highest BCUT2D eigenvalue weighted by atomic mass is 35.5. The first-order chi connectivity index (χ1) is 9.54. The van der Waals surface area contributed by atoms with Gasteiger partial charge in [0.1, 0.15) is 5.75 Å². The van der Waals surface area contributed by atoms with Gasteiger partial charge in [-0.25, -0.2) is 0 Å². The van der Waals surface area contributed by atoms with E-state index in [2.05, 4.69) is 5.32 Å². The minimum absolute atomic E-state index is 0.0892. The zero-order valence-electron chi connectivity index (χ0n) is 11.0. The number of nitrogen functional groups attached to an aromatic ring is 1. The van der Waals surface area contributed by atoms with Gasteiger partial charge in [0.25, 0.3) is 5.91 Å². The molecule has 20 heavy (non-hydrogen) atoms. The van der Waals surface area contributed by atoms with Crippen LogP contribution in [-0.4, -0.2) is 12.5 Å². The molecule has 0 unspecified atom stereocenters.